The average molecular weight is 273 g/mol. The fraction of sp³-hybridized carbons (Fsp3) is 0.429. The van der Waals surface area contributed by atoms with Crippen LogP contribution in [0.25, 0.3) is 0 Å². The van der Waals surface area contributed by atoms with Crippen LogP contribution in [0.4, 0.5) is 0 Å². The van der Waals surface area contributed by atoms with Crippen molar-refractivity contribution < 1.29 is 19.8 Å². The third-order valence-corrected chi connectivity index (χ3v) is 2.92. The molecule has 0 N–H and O–H groups in total. The van der Waals surface area contributed by atoms with Crippen LogP contribution in [0.5, 0.6) is 0 Å². The molecule has 0 aliphatic carbocycles. The fourth-order valence-corrected chi connectivity index (χ4v) is 1.82. The van der Waals surface area contributed by atoms with Gasteiger partial charge >= 0.3 is 23.1 Å². The molecule has 0 unspecified atom stereocenters. The molecule has 0 atom stereocenters. The number of rotatable bonds is 3. The van der Waals surface area contributed by atoms with Crippen molar-refractivity contribution in [3.8, 4) is 0 Å². The van der Waals surface area contributed by atoms with E-state index in [-0.39, 0.29) is 34.0 Å². The third-order valence-electron chi connectivity index (χ3n) is 2.92. The van der Waals surface area contributed by atoms with Gasteiger partial charge in [-0.05, 0) is 29.0 Å². The van der Waals surface area contributed by atoms with E-state index in [2.05, 4.69) is 0 Å². The van der Waals surface area contributed by atoms with E-state index in [1.165, 1.54) is 6.07 Å². The van der Waals surface area contributed by atoms with Gasteiger partial charge in [-0.25, -0.2) is 0 Å². The molecule has 0 saturated heterocycles. The molecule has 0 aliphatic heterocycles. The van der Waals surface area contributed by atoms with Crippen molar-refractivity contribution in [2.75, 3.05) is 0 Å². The molecule has 1 aromatic rings. The van der Waals surface area contributed by atoms with Gasteiger partial charge in [-0.3, -0.25) is 0 Å². The van der Waals surface area contributed by atoms with Crippen LogP contribution in [-0.2, 0) is 15.0 Å². The predicted octanol–water partition coefficient (Wildman–Crippen LogP) is -0.505. The Hall–Kier alpha value is -1.07. The minimum Gasteiger partial charge on any atom is -0.549 e. The molecule has 0 radical (unpaired) electrons. The van der Waals surface area contributed by atoms with Gasteiger partial charge in [0.2, 0.25) is 0 Å². The van der Waals surface area contributed by atoms with E-state index in [0.717, 1.165) is 5.56 Å². The number of hydrogen-bond donors (Lipinski definition) is 0. The molecule has 0 spiro atoms. The van der Waals surface area contributed by atoms with Crippen LogP contribution in [0, 0.1) is 6.92 Å². The molecule has 0 saturated carbocycles. The molecule has 0 aliphatic rings. The number of carboxylic acid groups (broad SMARTS) is 2. The smallest absolute Gasteiger partial charge is 0.549 e. The normalized spacial score (nSPS) is 11.0. The Labute approximate surface area is 129 Å². The summed E-state index contributed by atoms with van der Waals surface area (Å²) in [5.74, 6) is -5.03. The monoisotopic (exact) mass is 272 g/mol. The maximum Gasteiger partial charge on any atom is 2.00 e. The van der Waals surface area contributed by atoms with Gasteiger partial charge in [-0.1, -0.05) is 39.0 Å². The van der Waals surface area contributed by atoms with Crippen molar-refractivity contribution in [1.29, 1.82) is 0 Å². The van der Waals surface area contributed by atoms with Gasteiger partial charge in [0.1, 0.15) is 0 Å². The second kappa shape index (κ2) is 6.39. The molecule has 0 fully saturated rings. The fourth-order valence-electron chi connectivity index (χ4n) is 1.82. The van der Waals surface area contributed by atoms with Crippen LogP contribution >= 0.6 is 0 Å². The Balaban J connectivity index is 0.00000324. The summed E-state index contributed by atoms with van der Waals surface area (Å²) in [6, 6.07) is 5.06. The van der Waals surface area contributed by atoms with Crippen LogP contribution in [0.3, 0.4) is 0 Å². The number of benzene rings is 1. The molecule has 1 rings (SSSR count). The number of carbonyl (C=O) groups is 2. The van der Waals surface area contributed by atoms with E-state index in [1.807, 2.05) is 20.8 Å². The molecular weight excluding hydrogens is 256 g/mol. The van der Waals surface area contributed by atoms with Crippen LogP contribution in [0.1, 0.15) is 43.4 Å². The van der Waals surface area contributed by atoms with Gasteiger partial charge in [-0.15, -0.1) is 0 Å². The first-order chi connectivity index (χ1) is 8.14. The summed E-state index contributed by atoms with van der Waals surface area (Å²) in [5, 5.41) is 21.7. The van der Waals surface area contributed by atoms with E-state index in [1.54, 1.807) is 19.1 Å². The van der Waals surface area contributed by atoms with Crippen molar-refractivity contribution in [1.82, 2.24) is 0 Å². The number of hydrogen-bond acceptors (Lipinski definition) is 4. The maximum absolute atomic E-state index is 10.8. The van der Waals surface area contributed by atoms with Crippen LogP contribution in [-0.4, -0.2) is 35.0 Å². The summed E-state index contributed by atoms with van der Waals surface area (Å²) in [6.07, 6.45) is 0. The minimum atomic E-state index is -1.72. The van der Waals surface area contributed by atoms with E-state index in [4.69, 9.17) is 0 Å². The second-order valence-electron chi connectivity index (χ2n) is 5.39. The average Bonchev–Trinajstić information content (AvgIpc) is 2.18. The molecule has 1 aromatic carbocycles. The molecule has 0 amide bonds. The third kappa shape index (κ3) is 4.21. The van der Waals surface area contributed by atoms with Gasteiger partial charge in [0.15, 0.2) is 0 Å². The topological polar surface area (TPSA) is 80.3 Å². The zero-order valence-corrected chi connectivity index (χ0v) is 13.1. The molecule has 0 bridgehead atoms. The van der Waals surface area contributed by atoms with E-state index < -0.39 is 17.9 Å². The van der Waals surface area contributed by atoms with Crippen molar-refractivity contribution in [3.63, 3.8) is 0 Å². The number of carbonyl (C=O) groups excluding carboxylic acids is 2. The Morgan fingerprint density at radius 1 is 1.11 bits per heavy atom. The van der Waals surface area contributed by atoms with E-state index in [0.29, 0.717) is 5.56 Å². The molecule has 0 heterocycles. The first-order valence-electron chi connectivity index (χ1n) is 5.67. The van der Waals surface area contributed by atoms with Gasteiger partial charge in [-0.2, -0.15) is 0 Å². The minimum absolute atomic E-state index is 0. The van der Waals surface area contributed by atoms with Gasteiger partial charge < -0.3 is 19.8 Å². The van der Waals surface area contributed by atoms with Crippen molar-refractivity contribution in [2.24, 2.45) is 0 Å². The van der Waals surface area contributed by atoms with E-state index >= 15 is 0 Å². The summed E-state index contributed by atoms with van der Waals surface area (Å²) in [7, 11) is 0. The van der Waals surface area contributed by atoms with Crippen molar-refractivity contribution >= 4 is 35.0 Å². The zero-order chi connectivity index (χ0) is 14.1. The Morgan fingerprint density at radius 2 is 1.58 bits per heavy atom. The summed E-state index contributed by atoms with van der Waals surface area (Å²) < 4.78 is 0. The molecular formula is C14H16MgO4. The Morgan fingerprint density at radius 3 is 1.89 bits per heavy atom. The van der Waals surface area contributed by atoms with Crippen LogP contribution in [0.2, 0.25) is 0 Å². The zero-order valence-electron chi connectivity index (χ0n) is 11.6. The largest absolute Gasteiger partial charge is 2.00 e. The SMILES string of the molecule is Cc1cc(C(C)(C)C)ccc1C(C(=O)[O-])C(=O)[O-].[Mg+2]. The van der Waals surface area contributed by atoms with Crippen molar-refractivity contribution in [3.05, 3.63) is 34.9 Å². The van der Waals surface area contributed by atoms with Crippen molar-refractivity contribution in [2.45, 2.75) is 39.0 Å². The number of carboxylic acids is 2. The molecule has 98 valence electrons. The predicted molar refractivity (Wildman–Crippen MR) is 68.4 cm³/mol. The molecule has 4 nitrogen and oxygen atoms in total. The summed E-state index contributed by atoms with van der Waals surface area (Å²) in [5.41, 5.74) is 1.75. The molecule has 5 heteroatoms. The number of aryl methyl sites for hydroxylation is 1. The first-order valence-corrected chi connectivity index (χ1v) is 5.67. The second-order valence-corrected chi connectivity index (χ2v) is 5.39. The first kappa shape index (κ1) is 17.9. The summed E-state index contributed by atoms with van der Waals surface area (Å²) >= 11 is 0. The summed E-state index contributed by atoms with van der Waals surface area (Å²) in [4.78, 5) is 21.7. The van der Waals surface area contributed by atoms with Crippen LogP contribution < -0.4 is 10.2 Å². The Bertz CT molecular complexity index is 475. The number of aliphatic carboxylic acids is 2. The maximum atomic E-state index is 10.8. The van der Waals surface area contributed by atoms with Crippen LogP contribution in [0.15, 0.2) is 18.2 Å². The molecule has 0 aromatic heterocycles. The standard InChI is InChI=1S/C14H18O4.Mg/c1-8-7-9(14(2,3)4)5-6-10(8)11(12(15)16)13(17)18;/h5-7,11H,1-4H3,(H,15,16)(H,17,18);/q;+2/p-2. The van der Waals surface area contributed by atoms with Gasteiger partial charge in [0, 0.05) is 0 Å². The molecule has 19 heavy (non-hydrogen) atoms. The Kier molecular flexibility index (Phi) is 6.03. The van der Waals surface area contributed by atoms with E-state index in [9.17, 15) is 19.8 Å². The summed E-state index contributed by atoms with van der Waals surface area (Å²) in [6.45, 7) is 7.76. The van der Waals surface area contributed by atoms with Gasteiger partial charge in [0.05, 0.1) is 17.9 Å². The quantitative estimate of drug-likeness (QED) is 0.548. The van der Waals surface area contributed by atoms with Gasteiger partial charge in [0.25, 0.3) is 0 Å².